The van der Waals surface area contributed by atoms with E-state index in [2.05, 4.69) is 28.8 Å². The van der Waals surface area contributed by atoms with Crippen LogP contribution in [0.2, 0.25) is 0 Å². The third-order valence-corrected chi connectivity index (χ3v) is 6.25. The van der Waals surface area contributed by atoms with Gasteiger partial charge in [-0.1, -0.05) is 13.0 Å². The number of nitriles is 1. The van der Waals surface area contributed by atoms with Gasteiger partial charge < -0.3 is 4.90 Å². The minimum Gasteiger partial charge on any atom is -0.336 e. The van der Waals surface area contributed by atoms with Crippen molar-refractivity contribution in [3.63, 3.8) is 0 Å². The van der Waals surface area contributed by atoms with Crippen LogP contribution in [0, 0.1) is 24.1 Å². The number of pyridine rings is 1. The molecule has 1 atom stereocenters. The number of carbonyl (C=O) groups is 1. The molecule has 170 valence electrons. The van der Waals surface area contributed by atoms with E-state index in [1.165, 1.54) is 30.1 Å². The molecule has 3 heterocycles. The van der Waals surface area contributed by atoms with Crippen molar-refractivity contribution in [2.45, 2.75) is 26.8 Å². The first-order valence-corrected chi connectivity index (χ1v) is 10.9. The molecule has 1 saturated heterocycles. The fourth-order valence-corrected chi connectivity index (χ4v) is 4.27. The largest absolute Gasteiger partial charge is 0.336 e. The van der Waals surface area contributed by atoms with Gasteiger partial charge in [-0.3, -0.25) is 19.6 Å². The molecule has 1 amide bonds. The zero-order chi connectivity index (χ0) is 23.7. The molecule has 0 spiro atoms. The number of aromatic nitrogens is 3. The van der Waals surface area contributed by atoms with Crippen molar-refractivity contribution < 1.29 is 9.18 Å². The third-order valence-electron chi connectivity index (χ3n) is 6.25. The Morgan fingerprint density at radius 3 is 2.70 bits per heavy atom. The van der Waals surface area contributed by atoms with Crippen LogP contribution < -0.4 is 5.56 Å². The second-order valence-corrected chi connectivity index (χ2v) is 8.17. The Balaban J connectivity index is 1.57. The van der Waals surface area contributed by atoms with Gasteiger partial charge in [-0.25, -0.2) is 14.1 Å². The van der Waals surface area contributed by atoms with Crippen LogP contribution in [0.5, 0.6) is 0 Å². The number of amides is 1. The van der Waals surface area contributed by atoms with Crippen molar-refractivity contribution in [2.75, 3.05) is 26.2 Å². The number of nitrogens with one attached hydrogen (secondary N) is 1. The second-order valence-electron chi connectivity index (χ2n) is 8.17. The fourth-order valence-electron chi connectivity index (χ4n) is 4.27. The number of nitrogens with zero attached hydrogens (tertiary/aromatic N) is 5. The number of aromatic amines is 1. The third kappa shape index (κ3) is 4.05. The summed E-state index contributed by atoms with van der Waals surface area (Å²) in [6.45, 7) is 8.88. The van der Waals surface area contributed by atoms with E-state index in [0.717, 1.165) is 13.1 Å². The summed E-state index contributed by atoms with van der Waals surface area (Å²) in [5.74, 6) is -0.407. The molecule has 3 aromatic rings. The van der Waals surface area contributed by atoms with Crippen LogP contribution in [0.3, 0.4) is 0 Å². The summed E-state index contributed by atoms with van der Waals surface area (Å²) in [6.07, 6.45) is 2.94. The van der Waals surface area contributed by atoms with E-state index < -0.39 is 11.4 Å². The Morgan fingerprint density at radius 2 is 2.06 bits per heavy atom. The Hall–Kier alpha value is -3.77. The molecule has 9 heteroatoms. The van der Waals surface area contributed by atoms with Gasteiger partial charge in [0, 0.05) is 38.1 Å². The maximum atomic E-state index is 14.4. The van der Waals surface area contributed by atoms with Gasteiger partial charge in [0.25, 0.3) is 11.5 Å². The van der Waals surface area contributed by atoms with Gasteiger partial charge in [0.05, 0.1) is 16.7 Å². The average Bonchev–Trinajstić information content (AvgIpc) is 3.21. The first-order chi connectivity index (χ1) is 15.8. The molecule has 1 unspecified atom stereocenters. The second kappa shape index (κ2) is 9.00. The van der Waals surface area contributed by atoms with Gasteiger partial charge in [-0.15, -0.1) is 0 Å². The molecule has 1 aliphatic heterocycles. The fraction of sp³-hybridized carbons (Fsp3) is 0.333. The number of hydrogen-bond donors (Lipinski definition) is 1. The Kier molecular flexibility index (Phi) is 6.11. The minimum atomic E-state index is -0.641. The summed E-state index contributed by atoms with van der Waals surface area (Å²) in [7, 11) is 0. The predicted molar refractivity (Wildman–Crippen MR) is 122 cm³/mol. The highest BCUT2D eigenvalue weighted by molar-refractivity contribution is 5.94. The predicted octanol–water partition coefficient (Wildman–Crippen LogP) is 2.71. The number of H-pyrrole nitrogens is 1. The van der Waals surface area contributed by atoms with Crippen molar-refractivity contribution in [3.8, 4) is 23.0 Å². The number of piperazine rings is 1. The van der Waals surface area contributed by atoms with Gasteiger partial charge in [0.2, 0.25) is 0 Å². The first-order valence-electron chi connectivity index (χ1n) is 10.9. The standard InChI is InChI=1S/C24H25FN6O2/c1-4-29-9-10-30(14-15(29)2)23(32)18-6-8-21(27-12-18)31-24(33)20(13-28-31)19-7-5-17(11-26)22(25)16(19)3/h5-8,12-13,15,28H,4,9-10,14H2,1-3H3. The van der Waals surface area contributed by atoms with Crippen LogP contribution in [-0.2, 0) is 0 Å². The van der Waals surface area contributed by atoms with E-state index in [1.807, 2.05) is 4.90 Å². The lowest BCUT2D eigenvalue weighted by molar-refractivity contribution is 0.0528. The molecule has 1 N–H and O–H groups in total. The van der Waals surface area contributed by atoms with E-state index in [4.69, 9.17) is 5.26 Å². The molecule has 2 aromatic heterocycles. The van der Waals surface area contributed by atoms with E-state index in [9.17, 15) is 14.0 Å². The van der Waals surface area contributed by atoms with Crippen LogP contribution in [0.1, 0.15) is 35.3 Å². The summed E-state index contributed by atoms with van der Waals surface area (Å²) in [6, 6.07) is 8.26. The van der Waals surface area contributed by atoms with Gasteiger partial charge in [0.1, 0.15) is 11.9 Å². The van der Waals surface area contributed by atoms with Crippen molar-refractivity contribution in [3.05, 3.63) is 69.5 Å². The maximum absolute atomic E-state index is 14.4. The molecule has 4 rings (SSSR count). The van der Waals surface area contributed by atoms with E-state index in [-0.39, 0.29) is 22.6 Å². The molecule has 1 aliphatic rings. The van der Waals surface area contributed by atoms with Crippen LogP contribution in [0.15, 0.2) is 41.5 Å². The number of rotatable bonds is 4. The zero-order valence-corrected chi connectivity index (χ0v) is 18.8. The van der Waals surface area contributed by atoms with Crippen molar-refractivity contribution in [1.82, 2.24) is 24.6 Å². The molecule has 0 saturated carbocycles. The van der Waals surface area contributed by atoms with Crippen LogP contribution in [0.25, 0.3) is 16.9 Å². The molecular weight excluding hydrogens is 423 g/mol. The van der Waals surface area contributed by atoms with E-state index in [0.29, 0.717) is 36.1 Å². The monoisotopic (exact) mass is 448 g/mol. The number of halogens is 1. The first kappa shape index (κ1) is 22.4. The van der Waals surface area contributed by atoms with Crippen molar-refractivity contribution >= 4 is 5.91 Å². The molecular formula is C24H25FN6O2. The topological polar surface area (TPSA) is 98.0 Å². The Morgan fingerprint density at radius 1 is 1.27 bits per heavy atom. The summed E-state index contributed by atoms with van der Waals surface area (Å²) in [4.78, 5) is 34.3. The lowest BCUT2D eigenvalue weighted by Gasteiger charge is -2.39. The highest BCUT2D eigenvalue weighted by atomic mass is 19.1. The summed E-state index contributed by atoms with van der Waals surface area (Å²) >= 11 is 0. The summed E-state index contributed by atoms with van der Waals surface area (Å²) < 4.78 is 15.6. The molecule has 8 nitrogen and oxygen atoms in total. The van der Waals surface area contributed by atoms with Crippen LogP contribution in [0.4, 0.5) is 4.39 Å². The number of hydrogen-bond acceptors (Lipinski definition) is 5. The molecule has 1 aromatic carbocycles. The quantitative estimate of drug-likeness (QED) is 0.662. The lowest BCUT2D eigenvalue weighted by Crippen LogP contribution is -2.53. The maximum Gasteiger partial charge on any atom is 0.280 e. The van der Waals surface area contributed by atoms with Gasteiger partial charge in [0.15, 0.2) is 5.82 Å². The number of likely N-dealkylation sites (N-methyl/N-ethyl adjacent to an activating group) is 1. The van der Waals surface area contributed by atoms with Gasteiger partial charge >= 0.3 is 0 Å². The molecule has 0 bridgehead atoms. The van der Waals surface area contributed by atoms with Crippen molar-refractivity contribution in [2.24, 2.45) is 0 Å². The average molecular weight is 449 g/mol. The van der Waals surface area contributed by atoms with E-state index in [1.54, 1.807) is 24.3 Å². The van der Waals surface area contributed by atoms with Gasteiger partial charge in [-0.2, -0.15) is 5.26 Å². The van der Waals surface area contributed by atoms with Gasteiger partial charge in [-0.05, 0) is 49.7 Å². The molecule has 0 aliphatic carbocycles. The highest BCUT2D eigenvalue weighted by Crippen LogP contribution is 2.25. The summed E-state index contributed by atoms with van der Waals surface area (Å²) in [5, 5.41) is 11.8. The highest BCUT2D eigenvalue weighted by Gasteiger charge is 2.26. The summed E-state index contributed by atoms with van der Waals surface area (Å²) in [5.41, 5.74) is 0.876. The Labute approximate surface area is 190 Å². The molecule has 0 radical (unpaired) electrons. The van der Waals surface area contributed by atoms with Crippen LogP contribution in [-0.4, -0.2) is 62.7 Å². The van der Waals surface area contributed by atoms with Crippen LogP contribution >= 0.6 is 0 Å². The van der Waals surface area contributed by atoms with E-state index >= 15 is 0 Å². The SMILES string of the molecule is CCN1CCN(C(=O)c2ccc(-n3[nH]cc(-c4ccc(C#N)c(F)c4C)c3=O)nc2)CC1C. The van der Waals surface area contributed by atoms with Crippen molar-refractivity contribution in [1.29, 1.82) is 5.26 Å². The molecule has 1 fully saturated rings. The Bertz CT molecular complexity index is 1290. The smallest absolute Gasteiger partial charge is 0.280 e. The number of carbonyl (C=O) groups excluding carboxylic acids is 1. The zero-order valence-electron chi connectivity index (χ0n) is 18.8. The lowest BCUT2D eigenvalue weighted by atomic mass is 10.0. The normalized spacial score (nSPS) is 16.6. The molecule has 33 heavy (non-hydrogen) atoms. The number of benzene rings is 1. The minimum absolute atomic E-state index is 0.0699.